The minimum Gasteiger partial charge on any atom is -0.530 e. The summed E-state index contributed by atoms with van der Waals surface area (Å²) in [6, 6.07) is 6.85. The smallest absolute Gasteiger partial charge is 0.141 e. The van der Waals surface area contributed by atoms with Gasteiger partial charge in [0.25, 0.3) is 0 Å². The molecular formula is C14H18ClN2O2-. The second-order valence-corrected chi connectivity index (χ2v) is 5.24. The van der Waals surface area contributed by atoms with Crippen molar-refractivity contribution in [1.82, 2.24) is 4.90 Å². The van der Waals surface area contributed by atoms with Gasteiger partial charge in [0, 0.05) is 23.8 Å². The average Bonchev–Trinajstić information content (AvgIpc) is 2.40. The molecule has 1 amide bonds. The molecule has 0 spiro atoms. The van der Waals surface area contributed by atoms with Crippen LogP contribution in [-0.2, 0) is 0 Å². The maximum atomic E-state index is 11.2. The minimum atomic E-state index is -1.18. The molecule has 1 aromatic rings. The van der Waals surface area contributed by atoms with Crippen molar-refractivity contribution in [3.8, 4) is 0 Å². The van der Waals surface area contributed by atoms with E-state index >= 15 is 0 Å². The molecule has 1 aliphatic rings. The summed E-state index contributed by atoms with van der Waals surface area (Å²) in [6.45, 7) is 3.26. The zero-order valence-corrected chi connectivity index (χ0v) is 11.6. The maximum absolute atomic E-state index is 11.2. The molecule has 0 saturated carbocycles. The first-order valence-electron chi connectivity index (χ1n) is 6.63. The van der Waals surface area contributed by atoms with Gasteiger partial charge in [0.05, 0.1) is 0 Å². The number of piperidine rings is 1. The van der Waals surface area contributed by atoms with Crippen LogP contribution in [0.2, 0.25) is 5.02 Å². The highest BCUT2D eigenvalue weighted by molar-refractivity contribution is 6.30. The molecule has 1 aromatic carbocycles. The summed E-state index contributed by atoms with van der Waals surface area (Å²) < 4.78 is 0. The van der Waals surface area contributed by atoms with E-state index in [9.17, 15) is 9.90 Å². The summed E-state index contributed by atoms with van der Waals surface area (Å²) in [5, 5.41) is 11.8. The third-order valence-corrected chi connectivity index (χ3v) is 3.66. The van der Waals surface area contributed by atoms with E-state index in [-0.39, 0.29) is 0 Å². The number of carbonyl (C=O) groups excluding carboxylic acids is 1. The first kappa shape index (κ1) is 14.2. The Kier molecular flexibility index (Phi) is 5.05. The van der Waals surface area contributed by atoms with Gasteiger partial charge in [-0.3, -0.25) is 0 Å². The number of hydrogen-bond acceptors (Lipinski definition) is 3. The second kappa shape index (κ2) is 6.78. The number of rotatable bonds is 4. The van der Waals surface area contributed by atoms with Crippen molar-refractivity contribution >= 4 is 23.4 Å². The molecule has 1 heterocycles. The summed E-state index contributed by atoms with van der Waals surface area (Å²) >= 11 is 5.89. The molecule has 5 heteroatoms. The van der Waals surface area contributed by atoms with E-state index in [4.69, 9.17) is 11.6 Å². The SMILES string of the molecule is O=C([O-])N(CCN1CCCCC1)c1cccc(Cl)c1. The Morgan fingerprint density at radius 1 is 1.32 bits per heavy atom. The number of hydrogen-bond donors (Lipinski definition) is 0. The summed E-state index contributed by atoms with van der Waals surface area (Å²) in [6.07, 6.45) is 2.49. The predicted octanol–water partition coefficient (Wildman–Crippen LogP) is 1.98. The van der Waals surface area contributed by atoms with E-state index in [0.717, 1.165) is 19.6 Å². The van der Waals surface area contributed by atoms with Crippen molar-refractivity contribution in [2.75, 3.05) is 31.1 Å². The molecule has 4 nitrogen and oxygen atoms in total. The molecule has 1 saturated heterocycles. The van der Waals surface area contributed by atoms with E-state index in [0.29, 0.717) is 17.3 Å². The van der Waals surface area contributed by atoms with Gasteiger partial charge in [-0.05, 0) is 44.1 Å². The Morgan fingerprint density at radius 3 is 2.68 bits per heavy atom. The van der Waals surface area contributed by atoms with Gasteiger partial charge >= 0.3 is 0 Å². The van der Waals surface area contributed by atoms with Gasteiger partial charge in [-0.25, -0.2) is 0 Å². The van der Waals surface area contributed by atoms with Crippen molar-refractivity contribution in [3.63, 3.8) is 0 Å². The highest BCUT2D eigenvalue weighted by Gasteiger charge is 2.13. The lowest BCUT2D eigenvalue weighted by molar-refractivity contribution is -0.246. The molecule has 0 N–H and O–H groups in total. The number of carboxylic acid groups (broad SMARTS) is 1. The van der Waals surface area contributed by atoms with Crippen LogP contribution in [0.5, 0.6) is 0 Å². The highest BCUT2D eigenvalue weighted by Crippen LogP contribution is 2.19. The lowest BCUT2D eigenvalue weighted by Gasteiger charge is -2.31. The number of carbonyl (C=O) groups is 1. The molecular weight excluding hydrogens is 264 g/mol. The third kappa shape index (κ3) is 4.11. The molecule has 0 unspecified atom stereocenters. The Labute approximate surface area is 118 Å². The largest absolute Gasteiger partial charge is 0.530 e. The average molecular weight is 282 g/mol. The van der Waals surface area contributed by atoms with E-state index in [1.165, 1.54) is 24.2 Å². The van der Waals surface area contributed by atoms with Gasteiger partial charge in [0.2, 0.25) is 0 Å². The van der Waals surface area contributed by atoms with Gasteiger partial charge in [-0.15, -0.1) is 0 Å². The van der Waals surface area contributed by atoms with Crippen LogP contribution in [0.1, 0.15) is 19.3 Å². The zero-order valence-electron chi connectivity index (χ0n) is 10.8. The molecule has 0 bridgehead atoms. The van der Waals surface area contributed by atoms with Crippen LogP contribution in [0.4, 0.5) is 10.5 Å². The predicted molar refractivity (Wildman–Crippen MR) is 74.5 cm³/mol. The van der Waals surface area contributed by atoms with Crippen LogP contribution < -0.4 is 10.0 Å². The lowest BCUT2D eigenvalue weighted by Crippen LogP contribution is -2.46. The Morgan fingerprint density at radius 2 is 2.05 bits per heavy atom. The Bertz CT molecular complexity index is 433. The van der Waals surface area contributed by atoms with E-state index in [1.54, 1.807) is 24.3 Å². The van der Waals surface area contributed by atoms with Crippen LogP contribution in [0.3, 0.4) is 0 Å². The van der Waals surface area contributed by atoms with Gasteiger partial charge in [0.1, 0.15) is 6.09 Å². The van der Waals surface area contributed by atoms with Crippen molar-refractivity contribution in [1.29, 1.82) is 0 Å². The third-order valence-electron chi connectivity index (χ3n) is 3.43. The van der Waals surface area contributed by atoms with Crippen LogP contribution in [0.25, 0.3) is 0 Å². The summed E-state index contributed by atoms with van der Waals surface area (Å²) in [5.74, 6) is 0. The molecule has 2 rings (SSSR count). The highest BCUT2D eigenvalue weighted by atomic mass is 35.5. The number of amides is 1. The van der Waals surface area contributed by atoms with E-state index in [2.05, 4.69) is 4.90 Å². The molecule has 104 valence electrons. The zero-order chi connectivity index (χ0) is 13.7. The van der Waals surface area contributed by atoms with Gasteiger partial charge in [-0.1, -0.05) is 24.1 Å². The number of anilines is 1. The van der Waals surface area contributed by atoms with Gasteiger partial charge in [-0.2, -0.15) is 0 Å². The fraction of sp³-hybridized carbons (Fsp3) is 0.500. The fourth-order valence-electron chi connectivity index (χ4n) is 2.39. The van der Waals surface area contributed by atoms with Crippen LogP contribution in [-0.4, -0.2) is 37.2 Å². The van der Waals surface area contributed by atoms with Crippen LogP contribution in [0.15, 0.2) is 24.3 Å². The summed E-state index contributed by atoms with van der Waals surface area (Å²) in [5.41, 5.74) is 0.574. The lowest BCUT2D eigenvalue weighted by atomic mass is 10.1. The van der Waals surface area contributed by atoms with Crippen LogP contribution >= 0.6 is 11.6 Å². The summed E-state index contributed by atoms with van der Waals surface area (Å²) in [4.78, 5) is 14.8. The van der Waals surface area contributed by atoms with E-state index in [1.807, 2.05) is 0 Å². The normalized spacial score (nSPS) is 16.3. The van der Waals surface area contributed by atoms with Crippen molar-refractivity contribution < 1.29 is 9.90 Å². The van der Waals surface area contributed by atoms with Crippen molar-refractivity contribution in [3.05, 3.63) is 29.3 Å². The molecule has 0 aromatic heterocycles. The number of benzene rings is 1. The van der Waals surface area contributed by atoms with Crippen molar-refractivity contribution in [2.45, 2.75) is 19.3 Å². The molecule has 0 radical (unpaired) electrons. The molecule has 0 atom stereocenters. The van der Waals surface area contributed by atoms with Gasteiger partial charge in [0.15, 0.2) is 0 Å². The minimum absolute atomic E-state index is 0.419. The fourth-order valence-corrected chi connectivity index (χ4v) is 2.58. The van der Waals surface area contributed by atoms with Gasteiger partial charge < -0.3 is 19.7 Å². The standard InChI is InChI=1S/C14H19ClN2O2/c15-12-5-4-6-13(11-12)17(14(18)19)10-9-16-7-2-1-3-8-16/h4-6,11H,1-3,7-10H2,(H,18,19)/p-1. The monoisotopic (exact) mass is 281 g/mol. The van der Waals surface area contributed by atoms with Crippen LogP contribution in [0, 0.1) is 0 Å². The first-order valence-corrected chi connectivity index (χ1v) is 7.01. The molecule has 0 aliphatic carbocycles. The topological polar surface area (TPSA) is 46.6 Å². The molecule has 1 aliphatic heterocycles. The number of halogens is 1. The number of nitrogens with zero attached hydrogens (tertiary/aromatic N) is 2. The van der Waals surface area contributed by atoms with E-state index < -0.39 is 6.09 Å². The quantitative estimate of drug-likeness (QED) is 0.848. The maximum Gasteiger partial charge on any atom is 0.141 e. The molecule has 1 fully saturated rings. The second-order valence-electron chi connectivity index (χ2n) is 4.80. The van der Waals surface area contributed by atoms with Crippen molar-refractivity contribution in [2.24, 2.45) is 0 Å². The first-order chi connectivity index (χ1) is 9.16. The summed E-state index contributed by atoms with van der Waals surface area (Å²) in [7, 11) is 0. The number of likely N-dealkylation sites (tertiary alicyclic amines) is 1. The Hall–Kier alpha value is -1.26. The Balaban J connectivity index is 1.98. The molecule has 19 heavy (non-hydrogen) atoms.